The van der Waals surface area contributed by atoms with Crippen LogP contribution in [0.25, 0.3) is 11.0 Å². The Hall–Kier alpha value is -2.86. The summed E-state index contributed by atoms with van der Waals surface area (Å²) in [6.07, 6.45) is 1.72. The van der Waals surface area contributed by atoms with Crippen LogP contribution >= 0.6 is 11.6 Å². The third-order valence-corrected chi connectivity index (χ3v) is 5.74. The Morgan fingerprint density at radius 2 is 1.93 bits per heavy atom. The van der Waals surface area contributed by atoms with Gasteiger partial charge in [-0.3, -0.25) is 4.79 Å². The van der Waals surface area contributed by atoms with Crippen molar-refractivity contribution in [2.75, 3.05) is 30.4 Å². The van der Waals surface area contributed by atoms with E-state index in [1.807, 2.05) is 49.4 Å². The fourth-order valence-corrected chi connectivity index (χ4v) is 3.85. The van der Waals surface area contributed by atoms with Gasteiger partial charge in [0.05, 0.1) is 24.1 Å². The largest absolute Gasteiger partial charge is 0.478 e. The predicted octanol–water partition coefficient (Wildman–Crippen LogP) is 4.46. The molecule has 2 heterocycles. The second-order valence-corrected chi connectivity index (χ2v) is 7.64. The average Bonchev–Trinajstić information content (AvgIpc) is 2.76. The van der Waals surface area contributed by atoms with Crippen LogP contribution in [0.5, 0.6) is 5.88 Å². The number of para-hydroxylation sites is 2. The third kappa shape index (κ3) is 3.98. The molecule has 150 valence electrons. The Balaban J connectivity index is 1.56. The number of amides is 1. The highest BCUT2D eigenvalue weighted by Crippen LogP contribution is 2.31. The molecule has 2 aromatic carbocycles. The van der Waals surface area contributed by atoms with Crippen LogP contribution in [0, 0.1) is 12.8 Å². The Kier molecular flexibility index (Phi) is 5.53. The molecule has 1 N–H and O–H groups in total. The number of nitrogens with one attached hydrogen (secondary N) is 1. The number of halogens is 1. The van der Waals surface area contributed by atoms with Crippen LogP contribution < -0.4 is 15.0 Å². The minimum Gasteiger partial charge on any atom is -0.478 e. The summed E-state index contributed by atoms with van der Waals surface area (Å²) in [5, 5.41) is 3.68. The Morgan fingerprint density at radius 3 is 2.69 bits per heavy atom. The molecule has 1 aliphatic rings. The lowest BCUT2D eigenvalue weighted by Gasteiger charge is -2.33. The van der Waals surface area contributed by atoms with Gasteiger partial charge in [-0.25, -0.2) is 9.97 Å². The van der Waals surface area contributed by atoms with E-state index in [0.29, 0.717) is 23.3 Å². The van der Waals surface area contributed by atoms with Crippen molar-refractivity contribution >= 4 is 40.0 Å². The molecule has 6 nitrogen and oxygen atoms in total. The zero-order valence-corrected chi connectivity index (χ0v) is 17.2. The van der Waals surface area contributed by atoms with Gasteiger partial charge in [-0.1, -0.05) is 29.8 Å². The van der Waals surface area contributed by atoms with Crippen molar-refractivity contribution in [2.45, 2.75) is 19.8 Å². The van der Waals surface area contributed by atoms with Gasteiger partial charge in [0.15, 0.2) is 5.82 Å². The third-order valence-electron chi connectivity index (χ3n) is 5.33. The summed E-state index contributed by atoms with van der Waals surface area (Å²) in [6.45, 7) is 3.28. The fourth-order valence-electron chi connectivity index (χ4n) is 3.68. The minimum atomic E-state index is -0.153. The Morgan fingerprint density at radius 1 is 1.17 bits per heavy atom. The Bertz CT molecular complexity index is 1060. The molecule has 1 aromatic heterocycles. The van der Waals surface area contributed by atoms with Crippen LogP contribution in [-0.2, 0) is 4.79 Å². The normalized spacial score (nSPS) is 16.7. The van der Waals surface area contributed by atoms with Crippen LogP contribution in [0.15, 0.2) is 42.5 Å². The maximum absolute atomic E-state index is 12.9. The van der Waals surface area contributed by atoms with E-state index in [0.717, 1.165) is 41.7 Å². The summed E-state index contributed by atoms with van der Waals surface area (Å²) >= 11 is 6.18. The molecule has 1 atom stereocenters. The maximum atomic E-state index is 12.9. The van der Waals surface area contributed by atoms with E-state index in [2.05, 4.69) is 15.2 Å². The van der Waals surface area contributed by atoms with E-state index in [1.54, 1.807) is 7.11 Å². The van der Waals surface area contributed by atoms with Crippen LogP contribution in [0.3, 0.4) is 0 Å². The van der Waals surface area contributed by atoms with Gasteiger partial charge in [-0.2, -0.15) is 0 Å². The van der Waals surface area contributed by atoms with Gasteiger partial charge in [0.1, 0.15) is 0 Å². The summed E-state index contributed by atoms with van der Waals surface area (Å²) in [4.78, 5) is 24.4. The number of carbonyl (C=O) groups is 1. The number of rotatable bonds is 4. The molecule has 7 heteroatoms. The number of hydrogen-bond acceptors (Lipinski definition) is 5. The molecule has 1 fully saturated rings. The van der Waals surface area contributed by atoms with Gasteiger partial charge in [-0.05, 0) is 49.6 Å². The molecule has 0 spiro atoms. The highest BCUT2D eigenvalue weighted by molar-refractivity contribution is 6.31. The topological polar surface area (TPSA) is 67.4 Å². The molecule has 0 bridgehead atoms. The molecule has 4 rings (SSSR count). The number of nitrogens with zero attached hydrogens (tertiary/aromatic N) is 3. The van der Waals surface area contributed by atoms with Crippen molar-refractivity contribution in [3.05, 3.63) is 53.1 Å². The predicted molar refractivity (Wildman–Crippen MR) is 116 cm³/mol. The number of methoxy groups -OCH3 is 1. The fraction of sp³-hybridized carbons (Fsp3) is 0.318. The van der Waals surface area contributed by atoms with Crippen molar-refractivity contribution in [1.82, 2.24) is 9.97 Å². The quantitative estimate of drug-likeness (QED) is 0.688. The zero-order valence-electron chi connectivity index (χ0n) is 16.5. The molecule has 0 radical (unpaired) electrons. The van der Waals surface area contributed by atoms with E-state index in [1.165, 1.54) is 0 Å². The number of hydrogen-bond donors (Lipinski definition) is 1. The van der Waals surface area contributed by atoms with Gasteiger partial charge >= 0.3 is 0 Å². The number of benzene rings is 2. The van der Waals surface area contributed by atoms with Gasteiger partial charge in [0, 0.05) is 23.8 Å². The van der Waals surface area contributed by atoms with Crippen molar-refractivity contribution in [3.8, 4) is 5.88 Å². The molecule has 29 heavy (non-hydrogen) atoms. The number of fused-ring (bicyclic) bond motifs is 1. The second kappa shape index (κ2) is 8.25. The molecule has 1 aliphatic heterocycles. The first-order valence-corrected chi connectivity index (χ1v) is 10.1. The lowest BCUT2D eigenvalue weighted by molar-refractivity contribution is -0.120. The standard InChI is InChI=1S/C22H23ClN4O2/c1-14-16(23)8-5-11-17(14)25-21(28)15-7-6-12-27(13-15)20-22(29-2)26-19-10-4-3-9-18(19)24-20/h3-5,8-11,15H,6-7,12-13H2,1-2H3,(H,25,28)/t15-/m1/s1. The first-order valence-electron chi connectivity index (χ1n) is 9.68. The second-order valence-electron chi connectivity index (χ2n) is 7.23. The average molecular weight is 411 g/mol. The minimum absolute atomic E-state index is 0.00668. The van der Waals surface area contributed by atoms with E-state index in [9.17, 15) is 4.79 Å². The lowest BCUT2D eigenvalue weighted by atomic mass is 9.97. The number of piperidine rings is 1. The first-order chi connectivity index (χ1) is 14.1. The first kappa shape index (κ1) is 19.5. The van der Waals surface area contributed by atoms with Crippen molar-refractivity contribution in [1.29, 1.82) is 0 Å². The van der Waals surface area contributed by atoms with Gasteiger partial charge in [-0.15, -0.1) is 0 Å². The highest BCUT2D eigenvalue weighted by Gasteiger charge is 2.29. The van der Waals surface area contributed by atoms with Crippen LogP contribution in [0.1, 0.15) is 18.4 Å². The smallest absolute Gasteiger partial charge is 0.257 e. The van der Waals surface area contributed by atoms with Gasteiger partial charge < -0.3 is 15.0 Å². The zero-order chi connectivity index (χ0) is 20.4. The van der Waals surface area contributed by atoms with Crippen LogP contribution in [0.2, 0.25) is 5.02 Å². The molecule has 1 amide bonds. The van der Waals surface area contributed by atoms with E-state index in [4.69, 9.17) is 21.3 Å². The number of carbonyl (C=O) groups excluding carboxylic acids is 1. The molecule has 0 aliphatic carbocycles. The van der Waals surface area contributed by atoms with E-state index >= 15 is 0 Å². The van der Waals surface area contributed by atoms with Gasteiger partial charge in [0.2, 0.25) is 5.91 Å². The number of ether oxygens (including phenoxy) is 1. The highest BCUT2D eigenvalue weighted by atomic mass is 35.5. The monoisotopic (exact) mass is 410 g/mol. The van der Waals surface area contributed by atoms with Crippen molar-refractivity contribution < 1.29 is 9.53 Å². The van der Waals surface area contributed by atoms with Crippen LogP contribution in [-0.4, -0.2) is 36.1 Å². The summed E-state index contributed by atoms with van der Waals surface area (Å²) in [5.41, 5.74) is 3.22. The van der Waals surface area contributed by atoms with E-state index < -0.39 is 0 Å². The molecule has 1 saturated heterocycles. The number of aromatic nitrogens is 2. The molecular weight excluding hydrogens is 388 g/mol. The molecule has 0 unspecified atom stereocenters. The van der Waals surface area contributed by atoms with Gasteiger partial charge in [0.25, 0.3) is 5.88 Å². The lowest BCUT2D eigenvalue weighted by Crippen LogP contribution is -2.41. The summed E-state index contributed by atoms with van der Waals surface area (Å²) in [7, 11) is 1.60. The van der Waals surface area contributed by atoms with Crippen molar-refractivity contribution in [2.24, 2.45) is 5.92 Å². The SMILES string of the molecule is COc1nc2ccccc2nc1N1CCC[C@@H](C(=O)Nc2cccc(Cl)c2C)C1. The summed E-state index contributed by atoms with van der Waals surface area (Å²) < 4.78 is 5.50. The van der Waals surface area contributed by atoms with Crippen LogP contribution in [0.4, 0.5) is 11.5 Å². The number of anilines is 2. The Labute approximate surface area is 174 Å². The molecule has 0 saturated carbocycles. The summed E-state index contributed by atoms with van der Waals surface area (Å²) in [6, 6.07) is 13.2. The van der Waals surface area contributed by atoms with E-state index in [-0.39, 0.29) is 11.8 Å². The molecular formula is C22H23ClN4O2. The maximum Gasteiger partial charge on any atom is 0.257 e. The summed E-state index contributed by atoms with van der Waals surface area (Å²) in [5.74, 6) is 1.01. The van der Waals surface area contributed by atoms with Crippen molar-refractivity contribution in [3.63, 3.8) is 0 Å². The molecule has 3 aromatic rings.